The molecular weight excluding hydrogens is 423 g/mol. The standard InChI is InChI=1S/C22H27BN6O4/c1-29-13-10-17(28-29)14-18(26-22(31)19-15-24-11-12-25-19)21(30)27-20(23(32)33)9-5-8-16-6-3-2-4-7-16/h2-4,6-7,10-13,15,18,20,32-33H,5,8-9,14H2,1H3,(H,26,31)(H,27,30)/t18?,20-/m0/s1. The second-order valence-corrected chi connectivity index (χ2v) is 7.71. The molecule has 0 aliphatic carbocycles. The highest BCUT2D eigenvalue weighted by molar-refractivity contribution is 6.43. The van der Waals surface area contributed by atoms with Crippen molar-refractivity contribution >= 4 is 18.9 Å². The number of aryl methyl sites for hydroxylation is 2. The number of benzene rings is 1. The summed E-state index contributed by atoms with van der Waals surface area (Å²) in [6.07, 6.45) is 7.71. The Labute approximate surface area is 192 Å². The zero-order chi connectivity index (χ0) is 23.6. The SMILES string of the molecule is Cn1ccc(CC(NC(=O)c2cnccn2)C(=O)N[C@@H](CCCc2ccccc2)B(O)O)n1. The van der Waals surface area contributed by atoms with E-state index in [0.29, 0.717) is 18.5 Å². The molecule has 4 N–H and O–H groups in total. The van der Waals surface area contributed by atoms with Crippen molar-refractivity contribution in [3.63, 3.8) is 0 Å². The smallest absolute Gasteiger partial charge is 0.426 e. The van der Waals surface area contributed by atoms with Crippen molar-refractivity contribution in [1.82, 2.24) is 30.4 Å². The number of carbonyl (C=O) groups is 2. The largest absolute Gasteiger partial charge is 0.475 e. The lowest BCUT2D eigenvalue weighted by Gasteiger charge is -2.22. The fraction of sp³-hybridized carbons (Fsp3) is 0.318. The van der Waals surface area contributed by atoms with Gasteiger partial charge >= 0.3 is 7.12 Å². The Hall–Kier alpha value is -3.57. The highest BCUT2D eigenvalue weighted by Gasteiger charge is 2.30. The minimum Gasteiger partial charge on any atom is -0.426 e. The Morgan fingerprint density at radius 2 is 1.91 bits per heavy atom. The van der Waals surface area contributed by atoms with Crippen LogP contribution in [0.5, 0.6) is 0 Å². The first-order valence-electron chi connectivity index (χ1n) is 10.7. The van der Waals surface area contributed by atoms with Crippen LogP contribution < -0.4 is 10.6 Å². The van der Waals surface area contributed by atoms with Crippen LogP contribution in [0.1, 0.15) is 34.6 Å². The molecule has 3 rings (SSSR count). The Morgan fingerprint density at radius 3 is 2.55 bits per heavy atom. The molecule has 0 spiro atoms. The zero-order valence-electron chi connectivity index (χ0n) is 18.3. The lowest BCUT2D eigenvalue weighted by molar-refractivity contribution is -0.123. The van der Waals surface area contributed by atoms with Gasteiger partial charge in [0, 0.05) is 32.1 Å². The zero-order valence-corrected chi connectivity index (χ0v) is 18.3. The molecule has 2 atom stereocenters. The second-order valence-electron chi connectivity index (χ2n) is 7.71. The summed E-state index contributed by atoms with van der Waals surface area (Å²) in [5.74, 6) is -2.00. The summed E-state index contributed by atoms with van der Waals surface area (Å²) in [4.78, 5) is 33.5. The van der Waals surface area contributed by atoms with Crippen molar-refractivity contribution in [1.29, 1.82) is 0 Å². The summed E-state index contributed by atoms with van der Waals surface area (Å²) in [7, 11) is 0.0117. The molecule has 0 aliphatic rings. The Kier molecular flexibility index (Phi) is 8.67. The normalized spacial score (nSPS) is 12.6. The summed E-state index contributed by atoms with van der Waals surface area (Å²) in [6, 6.07) is 10.6. The van der Waals surface area contributed by atoms with Gasteiger partial charge in [-0.25, -0.2) is 4.98 Å². The van der Waals surface area contributed by atoms with E-state index >= 15 is 0 Å². The third-order valence-corrected chi connectivity index (χ3v) is 5.11. The highest BCUT2D eigenvalue weighted by Crippen LogP contribution is 2.09. The maximum Gasteiger partial charge on any atom is 0.475 e. The number of nitrogens with one attached hydrogen (secondary N) is 2. The minimum atomic E-state index is -1.74. The van der Waals surface area contributed by atoms with Crippen LogP contribution in [0.2, 0.25) is 0 Å². The maximum absolute atomic E-state index is 13.1. The molecule has 2 aromatic heterocycles. The lowest BCUT2D eigenvalue weighted by Crippen LogP contribution is -2.54. The molecule has 11 heteroatoms. The predicted octanol–water partition coefficient (Wildman–Crippen LogP) is 0.0709. The number of aromatic nitrogens is 4. The van der Waals surface area contributed by atoms with Gasteiger partial charge in [-0.1, -0.05) is 30.3 Å². The number of nitrogens with zero attached hydrogens (tertiary/aromatic N) is 4. The van der Waals surface area contributed by atoms with Crippen molar-refractivity contribution in [3.05, 3.63) is 78.1 Å². The molecule has 1 unspecified atom stereocenters. The van der Waals surface area contributed by atoms with Gasteiger partial charge in [0.05, 0.1) is 17.8 Å². The molecule has 10 nitrogen and oxygen atoms in total. The predicted molar refractivity (Wildman–Crippen MR) is 122 cm³/mol. The topological polar surface area (TPSA) is 142 Å². The van der Waals surface area contributed by atoms with Crippen LogP contribution >= 0.6 is 0 Å². The minimum absolute atomic E-state index is 0.0675. The van der Waals surface area contributed by atoms with Gasteiger partial charge in [-0.15, -0.1) is 0 Å². The lowest BCUT2D eigenvalue weighted by atomic mass is 9.76. The first kappa shape index (κ1) is 24.1. The van der Waals surface area contributed by atoms with Gasteiger partial charge < -0.3 is 20.7 Å². The average molecular weight is 450 g/mol. The third kappa shape index (κ3) is 7.51. The van der Waals surface area contributed by atoms with E-state index in [4.69, 9.17) is 0 Å². The summed E-state index contributed by atoms with van der Waals surface area (Å²) in [5, 5.41) is 29.2. The van der Waals surface area contributed by atoms with Crippen molar-refractivity contribution in [2.24, 2.45) is 7.05 Å². The summed E-state index contributed by atoms with van der Waals surface area (Å²) in [6.45, 7) is 0. The van der Waals surface area contributed by atoms with Gasteiger partial charge in [-0.05, 0) is 30.9 Å². The molecular formula is C22H27BN6O4. The summed E-state index contributed by atoms with van der Waals surface area (Å²) >= 11 is 0. The van der Waals surface area contributed by atoms with E-state index in [2.05, 4.69) is 25.7 Å². The molecule has 0 aliphatic heterocycles. The van der Waals surface area contributed by atoms with Crippen molar-refractivity contribution < 1.29 is 19.6 Å². The molecule has 2 amide bonds. The van der Waals surface area contributed by atoms with Gasteiger partial charge in [0.1, 0.15) is 11.7 Å². The molecule has 1 aromatic carbocycles. The Balaban J connectivity index is 1.66. The number of hydrogen-bond donors (Lipinski definition) is 4. The van der Waals surface area contributed by atoms with E-state index in [1.54, 1.807) is 24.0 Å². The first-order valence-corrected chi connectivity index (χ1v) is 10.7. The van der Waals surface area contributed by atoms with Gasteiger partial charge in [0.25, 0.3) is 5.91 Å². The van der Waals surface area contributed by atoms with E-state index in [1.807, 2.05) is 30.3 Å². The summed E-state index contributed by atoms with van der Waals surface area (Å²) in [5.41, 5.74) is 1.79. The molecule has 0 saturated heterocycles. The van der Waals surface area contributed by atoms with Crippen LogP contribution in [0.3, 0.4) is 0 Å². The van der Waals surface area contributed by atoms with Gasteiger partial charge in [-0.3, -0.25) is 19.3 Å². The molecule has 2 heterocycles. The number of carbonyl (C=O) groups excluding carboxylic acids is 2. The maximum atomic E-state index is 13.1. The molecule has 0 fully saturated rings. The van der Waals surface area contributed by atoms with Gasteiger partial charge in [-0.2, -0.15) is 5.10 Å². The van der Waals surface area contributed by atoms with Crippen LogP contribution in [-0.4, -0.2) is 60.7 Å². The van der Waals surface area contributed by atoms with Crippen molar-refractivity contribution in [2.45, 2.75) is 37.7 Å². The van der Waals surface area contributed by atoms with Crippen LogP contribution in [0.15, 0.2) is 61.2 Å². The van der Waals surface area contributed by atoms with E-state index in [1.165, 1.54) is 18.6 Å². The van der Waals surface area contributed by atoms with E-state index < -0.39 is 30.9 Å². The highest BCUT2D eigenvalue weighted by atomic mass is 16.4. The number of amides is 2. The molecule has 0 radical (unpaired) electrons. The van der Waals surface area contributed by atoms with Crippen LogP contribution in [0, 0.1) is 0 Å². The fourth-order valence-electron chi connectivity index (χ4n) is 3.39. The van der Waals surface area contributed by atoms with Crippen molar-refractivity contribution in [3.8, 4) is 0 Å². The molecule has 0 bridgehead atoms. The van der Waals surface area contributed by atoms with Gasteiger partial charge in [0.2, 0.25) is 5.91 Å². The molecule has 0 saturated carbocycles. The summed E-state index contributed by atoms with van der Waals surface area (Å²) < 4.78 is 1.60. The molecule has 33 heavy (non-hydrogen) atoms. The van der Waals surface area contributed by atoms with E-state index in [9.17, 15) is 19.6 Å². The quantitative estimate of drug-likeness (QED) is 0.303. The first-order chi connectivity index (χ1) is 15.9. The average Bonchev–Trinajstić information content (AvgIpc) is 3.23. The fourth-order valence-corrected chi connectivity index (χ4v) is 3.39. The monoisotopic (exact) mass is 450 g/mol. The van der Waals surface area contributed by atoms with Crippen molar-refractivity contribution in [2.75, 3.05) is 0 Å². The van der Waals surface area contributed by atoms with Crippen LogP contribution in [0.25, 0.3) is 0 Å². The van der Waals surface area contributed by atoms with Gasteiger partial charge in [0.15, 0.2) is 0 Å². The third-order valence-electron chi connectivity index (χ3n) is 5.11. The van der Waals surface area contributed by atoms with E-state index in [-0.39, 0.29) is 12.1 Å². The second kappa shape index (κ2) is 11.9. The van der Waals surface area contributed by atoms with Crippen LogP contribution in [-0.2, 0) is 24.7 Å². The number of hydrogen-bond acceptors (Lipinski definition) is 7. The Bertz CT molecular complexity index is 1030. The number of rotatable bonds is 11. The van der Waals surface area contributed by atoms with E-state index in [0.717, 1.165) is 12.0 Å². The van der Waals surface area contributed by atoms with Crippen LogP contribution in [0.4, 0.5) is 0 Å². The molecule has 3 aromatic rings. The Morgan fingerprint density at radius 1 is 1.12 bits per heavy atom. The molecule has 172 valence electrons.